The minimum Gasteiger partial charge on any atom is -0.504 e. The van der Waals surface area contributed by atoms with Crippen molar-refractivity contribution < 1.29 is 14.6 Å². The molecule has 1 aromatic rings. The van der Waals surface area contributed by atoms with E-state index in [0.717, 1.165) is 37.4 Å². The van der Waals surface area contributed by atoms with Gasteiger partial charge in [0.25, 0.3) is 0 Å². The maximum absolute atomic E-state index is 10.0. The van der Waals surface area contributed by atoms with Crippen molar-refractivity contribution >= 4 is 0 Å². The van der Waals surface area contributed by atoms with E-state index in [0.29, 0.717) is 30.6 Å². The van der Waals surface area contributed by atoms with Gasteiger partial charge in [-0.05, 0) is 25.1 Å². The van der Waals surface area contributed by atoms with Crippen molar-refractivity contribution in [2.75, 3.05) is 33.4 Å². The number of rotatable bonds is 4. The van der Waals surface area contributed by atoms with Gasteiger partial charge >= 0.3 is 0 Å². The summed E-state index contributed by atoms with van der Waals surface area (Å²) in [6.07, 6.45) is 1.50. The summed E-state index contributed by atoms with van der Waals surface area (Å²) in [7, 11) is 1.65. The van der Waals surface area contributed by atoms with E-state index >= 15 is 0 Å². The molecule has 0 amide bonds. The van der Waals surface area contributed by atoms with Crippen LogP contribution in [0.15, 0.2) is 12.1 Å². The Morgan fingerprint density at radius 2 is 2.33 bits per heavy atom. The predicted molar refractivity (Wildman–Crippen MR) is 77.7 cm³/mol. The Balaban J connectivity index is 1.83. The number of likely N-dealkylation sites (tertiary alicyclic amines) is 1. The topological polar surface area (TPSA) is 65.7 Å². The van der Waals surface area contributed by atoms with E-state index in [-0.39, 0.29) is 5.75 Å². The molecule has 0 bridgehead atoms. The van der Waals surface area contributed by atoms with Crippen molar-refractivity contribution in [1.29, 1.82) is 5.26 Å². The molecule has 0 spiro atoms. The summed E-state index contributed by atoms with van der Waals surface area (Å²) in [5, 5.41) is 18.6. The molecule has 1 aromatic carbocycles. The molecule has 1 saturated heterocycles. The summed E-state index contributed by atoms with van der Waals surface area (Å²) < 4.78 is 11.2. The second kappa shape index (κ2) is 5.82. The van der Waals surface area contributed by atoms with Crippen LogP contribution in [0.4, 0.5) is 0 Å². The van der Waals surface area contributed by atoms with Crippen LogP contribution < -0.4 is 9.47 Å². The molecule has 2 atom stereocenters. The molecule has 1 N–H and O–H groups in total. The third-order valence-electron chi connectivity index (χ3n) is 4.45. The molecule has 21 heavy (non-hydrogen) atoms. The molecule has 112 valence electrons. The predicted octanol–water partition coefficient (Wildman–Crippen LogP) is 2.11. The van der Waals surface area contributed by atoms with Crippen LogP contribution in [-0.2, 0) is 0 Å². The highest BCUT2D eigenvalue weighted by Gasteiger charge is 2.41. The summed E-state index contributed by atoms with van der Waals surface area (Å²) in [4.78, 5) is 2.38. The first-order valence-corrected chi connectivity index (χ1v) is 7.36. The van der Waals surface area contributed by atoms with Crippen LogP contribution in [0.2, 0.25) is 0 Å². The van der Waals surface area contributed by atoms with Crippen LogP contribution in [0, 0.1) is 17.2 Å². The van der Waals surface area contributed by atoms with Crippen LogP contribution in [0.1, 0.15) is 24.3 Å². The van der Waals surface area contributed by atoms with E-state index in [9.17, 15) is 5.11 Å². The zero-order chi connectivity index (χ0) is 14.8. The first kappa shape index (κ1) is 14.0. The van der Waals surface area contributed by atoms with Gasteiger partial charge in [-0.15, -0.1) is 0 Å². The summed E-state index contributed by atoms with van der Waals surface area (Å²) >= 11 is 0. The van der Waals surface area contributed by atoms with Gasteiger partial charge in [-0.2, -0.15) is 5.26 Å². The lowest BCUT2D eigenvalue weighted by atomic mass is 9.86. The standard InChI is InChI=1S/C16H20N2O3/c1-20-14-5-4-13(19)16-15(14)12-9-18(7-3-2-6-17)8-11(12)10-21-16/h4-5,11-12,19H,2-3,7-10H2,1H3/t11-,12-/m1/s1. The Labute approximate surface area is 124 Å². The van der Waals surface area contributed by atoms with Crippen LogP contribution in [0.25, 0.3) is 0 Å². The van der Waals surface area contributed by atoms with E-state index in [4.69, 9.17) is 14.7 Å². The van der Waals surface area contributed by atoms with Gasteiger partial charge in [0.1, 0.15) is 5.75 Å². The molecular weight excluding hydrogens is 268 g/mol. The molecule has 5 heteroatoms. The van der Waals surface area contributed by atoms with Gasteiger partial charge < -0.3 is 19.5 Å². The number of hydrogen-bond acceptors (Lipinski definition) is 5. The fourth-order valence-corrected chi connectivity index (χ4v) is 3.46. The second-order valence-corrected chi connectivity index (χ2v) is 5.73. The van der Waals surface area contributed by atoms with Crippen molar-refractivity contribution in [3.63, 3.8) is 0 Å². The Kier molecular flexibility index (Phi) is 3.89. The number of fused-ring (bicyclic) bond motifs is 3. The van der Waals surface area contributed by atoms with Gasteiger partial charge in [-0.1, -0.05) is 0 Å². The van der Waals surface area contributed by atoms with E-state index < -0.39 is 0 Å². The molecular formula is C16H20N2O3. The Morgan fingerprint density at radius 1 is 1.48 bits per heavy atom. The van der Waals surface area contributed by atoms with Gasteiger partial charge in [-0.25, -0.2) is 0 Å². The Morgan fingerprint density at radius 3 is 3.10 bits per heavy atom. The highest BCUT2D eigenvalue weighted by Crippen LogP contribution is 2.49. The van der Waals surface area contributed by atoms with Crippen molar-refractivity contribution in [1.82, 2.24) is 4.90 Å². The molecule has 0 radical (unpaired) electrons. The highest BCUT2D eigenvalue weighted by atomic mass is 16.5. The monoisotopic (exact) mass is 288 g/mol. The molecule has 0 aliphatic carbocycles. The van der Waals surface area contributed by atoms with Crippen LogP contribution in [0.3, 0.4) is 0 Å². The molecule has 2 heterocycles. The Bertz CT molecular complexity index is 567. The minimum atomic E-state index is 0.187. The average Bonchev–Trinajstić information content (AvgIpc) is 2.91. The summed E-state index contributed by atoms with van der Waals surface area (Å²) in [6, 6.07) is 5.62. The van der Waals surface area contributed by atoms with Gasteiger partial charge in [0, 0.05) is 36.9 Å². The van der Waals surface area contributed by atoms with Gasteiger partial charge in [0.05, 0.1) is 19.8 Å². The zero-order valence-corrected chi connectivity index (χ0v) is 12.2. The maximum Gasteiger partial charge on any atom is 0.168 e. The number of nitriles is 1. The van der Waals surface area contributed by atoms with Crippen molar-refractivity contribution in [2.45, 2.75) is 18.8 Å². The average molecular weight is 288 g/mol. The van der Waals surface area contributed by atoms with Gasteiger partial charge in [-0.3, -0.25) is 0 Å². The summed E-state index contributed by atoms with van der Waals surface area (Å²) in [5.41, 5.74) is 0.997. The molecule has 0 aromatic heterocycles. The van der Waals surface area contributed by atoms with E-state index in [1.807, 2.05) is 0 Å². The fourth-order valence-electron chi connectivity index (χ4n) is 3.46. The number of phenols is 1. The normalized spacial score (nSPS) is 23.8. The molecule has 2 aliphatic rings. The van der Waals surface area contributed by atoms with E-state index in [2.05, 4.69) is 11.0 Å². The highest BCUT2D eigenvalue weighted by molar-refractivity contribution is 5.56. The largest absolute Gasteiger partial charge is 0.504 e. The number of ether oxygens (including phenoxy) is 2. The zero-order valence-electron chi connectivity index (χ0n) is 12.2. The molecule has 0 saturated carbocycles. The van der Waals surface area contributed by atoms with Crippen LogP contribution >= 0.6 is 0 Å². The number of nitrogens with zero attached hydrogens (tertiary/aromatic N) is 2. The van der Waals surface area contributed by atoms with Crippen LogP contribution in [0.5, 0.6) is 17.2 Å². The number of hydrogen-bond donors (Lipinski definition) is 1. The number of benzene rings is 1. The van der Waals surface area contributed by atoms with E-state index in [1.54, 1.807) is 19.2 Å². The third kappa shape index (κ3) is 2.52. The van der Waals surface area contributed by atoms with Crippen LogP contribution in [-0.4, -0.2) is 43.4 Å². The molecule has 1 fully saturated rings. The van der Waals surface area contributed by atoms with E-state index in [1.165, 1.54) is 0 Å². The number of methoxy groups -OCH3 is 1. The lowest BCUT2D eigenvalue weighted by Crippen LogP contribution is -2.25. The number of aromatic hydroxyl groups is 1. The first-order chi connectivity index (χ1) is 10.2. The minimum absolute atomic E-state index is 0.187. The van der Waals surface area contributed by atoms with Crippen molar-refractivity contribution in [2.24, 2.45) is 5.92 Å². The quantitative estimate of drug-likeness (QED) is 0.860. The lowest BCUT2D eigenvalue weighted by Gasteiger charge is -2.29. The third-order valence-corrected chi connectivity index (χ3v) is 4.45. The molecule has 0 unspecified atom stereocenters. The van der Waals surface area contributed by atoms with Gasteiger partial charge in [0.15, 0.2) is 11.5 Å². The fraction of sp³-hybridized carbons (Fsp3) is 0.562. The summed E-state index contributed by atoms with van der Waals surface area (Å²) in [6.45, 7) is 3.49. The smallest absolute Gasteiger partial charge is 0.168 e. The van der Waals surface area contributed by atoms with Gasteiger partial charge in [0.2, 0.25) is 0 Å². The first-order valence-electron chi connectivity index (χ1n) is 7.36. The van der Waals surface area contributed by atoms with Crippen molar-refractivity contribution in [3.8, 4) is 23.3 Å². The molecule has 2 aliphatic heterocycles. The number of phenolic OH excluding ortho intramolecular Hbond substituents is 1. The number of unbranched alkanes of at least 4 members (excludes halogenated alkanes) is 1. The lowest BCUT2D eigenvalue weighted by molar-refractivity contribution is 0.201. The summed E-state index contributed by atoms with van der Waals surface area (Å²) in [5.74, 6) is 2.31. The second-order valence-electron chi connectivity index (χ2n) is 5.73. The maximum atomic E-state index is 10.0. The molecule has 3 rings (SSSR count). The Hall–Kier alpha value is -1.93. The van der Waals surface area contributed by atoms with Crippen molar-refractivity contribution in [3.05, 3.63) is 17.7 Å². The molecule has 5 nitrogen and oxygen atoms in total. The SMILES string of the molecule is COc1ccc(O)c2c1[C@@H]1CN(CCCC#N)C[C@@H]1CO2.